The average Bonchev–Trinajstić information content (AvgIpc) is 1.68. The summed E-state index contributed by atoms with van der Waals surface area (Å²) in [4.78, 5) is 0. The molecule has 0 heterocycles. The summed E-state index contributed by atoms with van der Waals surface area (Å²) in [6.45, 7) is 5.89. The maximum absolute atomic E-state index is 4.25. The predicted molar refractivity (Wildman–Crippen MR) is 37.7 cm³/mol. The highest BCUT2D eigenvalue weighted by atomic mass is 32.1. The SMILES string of the molecule is [CH2]CC(S)CCC. The smallest absolute Gasteiger partial charge is 0.00167 e. The van der Waals surface area contributed by atoms with Crippen molar-refractivity contribution in [3.63, 3.8) is 0 Å². The average molecular weight is 117 g/mol. The van der Waals surface area contributed by atoms with E-state index in [4.69, 9.17) is 0 Å². The predicted octanol–water partition coefficient (Wildman–Crippen LogP) is 2.31. The molecule has 0 amide bonds. The summed E-state index contributed by atoms with van der Waals surface area (Å²) in [5.74, 6) is 0. The van der Waals surface area contributed by atoms with E-state index in [1.807, 2.05) is 0 Å². The second kappa shape index (κ2) is 4.51. The van der Waals surface area contributed by atoms with Gasteiger partial charge in [-0.15, -0.1) is 0 Å². The molecule has 0 nitrogen and oxygen atoms in total. The van der Waals surface area contributed by atoms with E-state index in [9.17, 15) is 0 Å². The van der Waals surface area contributed by atoms with Crippen molar-refractivity contribution in [3.05, 3.63) is 6.92 Å². The van der Waals surface area contributed by atoms with Crippen molar-refractivity contribution in [2.24, 2.45) is 0 Å². The molecule has 0 spiro atoms. The minimum Gasteiger partial charge on any atom is -0.176 e. The fraction of sp³-hybridized carbons (Fsp3) is 0.833. The molecule has 0 N–H and O–H groups in total. The van der Waals surface area contributed by atoms with Crippen LogP contribution in [0.1, 0.15) is 26.2 Å². The molecule has 0 aliphatic heterocycles. The van der Waals surface area contributed by atoms with Crippen LogP contribution in [0.4, 0.5) is 0 Å². The monoisotopic (exact) mass is 117 g/mol. The van der Waals surface area contributed by atoms with E-state index in [1.165, 1.54) is 12.8 Å². The second-order valence-corrected chi connectivity index (χ2v) is 2.46. The number of thiol groups is 1. The molecule has 0 fully saturated rings. The third kappa shape index (κ3) is 4.20. The molecule has 0 aromatic heterocycles. The third-order valence-corrected chi connectivity index (χ3v) is 1.47. The van der Waals surface area contributed by atoms with E-state index in [-0.39, 0.29) is 0 Å². The van der Waals surface area contributed by atoms with E-state index in [0.717, 1.165) is 6.42 Å². The van der Waals surface area contributed by atoms with Crippen molar-refractivity contribution in [3.8, 4) is 0 Å². The van der Waals surface area contributed by atoms with Crippen molar-refractivity contribution in [2.45, 2.75) is 31.4 Å². The summed E-state index contributed by atoms with van der Waals surface area (Å²) in [7, 11) is 0. The van der Waals surface area contributed by atoms with Crippen LogP contribution in [0.2, 0.25) is 0 Å². The highest BCUT2D eigenvalue weighted by Gasteiger charge is 1.93. The molecule has 0 rings (SSSR count). The van der Waals surface area contributed by atoms with Crippen molar-refractivity contribution < 1.29 is 0 Å². The Labute approximate surface area is 51.7 Å². The first-order valence-electron chi connectivity index (χ1n) is 2.78. The summed E-state index contributed by atoms with van der Waals surface area (Å²) >= 11 is 4.25. The maximum Gasteiger partial charge on any atom is 0.00167 e. The molecule has 1 atom stereocenters. The Balaban J connectivity index is 2.83. The van der Waals surface area contributed by atoms with Crippen LogP contribution in [0.3, 0.4) is 0 Å². The van der Waals surface area contributed by atoms with E-state index in [2.05, 4.69) is 26.5 Å². The van der Waals surface area contributed by atoms with Crippen LogP contribution in [-0.4, -0.2) is 5.25 Å². The molecule has 1 radical (unpaired) electrons. The van der Waals surface area contributed by atoms with Gasteiger partial charge in [0.05, 0.1) is 0 Å². The minimum absolute atomic E-state index is 0.532. The fourth-order valence-corrected chi connectivity index (χ4v) is 0.736. The maximum atomic E-state index is 4.25. The van der Waals surface area contributed by atoms with E-state index in [0.29, 0.717) is 5.25 Å². The topological polar surface area (TPSA) is 0 Å². The van der Waals surface area contributed by atoms with Crippen LogP contribution in [-0.2, 0) is 0 Å². The number of hydrogen-bond acceptors (Lipinski definition) is 1. The lowest BCUT2D eigenvalue weighted by Gasteiger charge is -2.01. The molecule has 1 heteroatoms. The van der Waals surface area contributed by atoms with Gasteiger partial charge in [0, 0.05) is 5.25 Å². The molecule has 0 aliphatic rings. The van der Waals surface area contributed by atoms with Crippen LogP contribution >= 0.6 is 12.6 Å². The van der Waals surface area contributed by atoms with E-state index < -0.39 is 0 Å². The van der Waals surface area contributed by atoms with Gasteiger partial charge in [-0.3, -0.25) is 0 Å². The Morgan fingerprint density at radius 2 is 2.29 bits per heavy atom. The van der Waals surface area contributed by atoms with Crippen LogP contribution in [0.5, 0.6) is 0 Å². The van der Waals surface area contributed by atoms with Crippen LogP contribution in [0.25, 0.3) is 0 Å². The number of rotatable bonds is 3. The fourth-order valence-electron chi connectivity index (χ4n) is 0.478. The first kappa shape index (κ1) is 7.35. The van der Waals surface area contributed by atoms with Gasteiger partial charge >= 0.3 is 0 Å². The van der Waals surface area contributed by atoms with Gasteiger partial charge < -0.3 is 0 Å². The molecule has 43 valence electrons. The summed E-state index contributed by atoms with van der Waals surface area (Å²) in [6, 6.07) is 0. The molecule has 7 heavy (non-hydrogen) atoms. The molecular formula is C6H13S. The van der Waals surface area contributed by atoms with Gasteiger partial charge in [0.1, 0.15) is 0 Å². The van der Waals surface area contributed by atoms with Gasteiger partial charge in [-0.1, -0.05) is 20.3 Å². The summed E-state index contributed by atoms with van der Waals surface area (Å²) in [6.07, 6.45) is 3.38. The summed E-state index contributed by atoms with van der Waals surface area (Å²) in [5.41, 5.74) is 0. The Bertz CT molecular complexity index is 35.2. The van der Waals surface area contributed by atoms with Gasteiger partial charge in [0.15, 0.2) is 0 Å². The van der Waals surface area contributed by atoms with E-state index >= 15 is 0 Å². The normalized spacial score (nSPS) is 14.1. The molecule has 0 aromatic carbocycles. The molecule has 0 saturated carbocycles. The zero-order valence-corrected chi connectivity index (χ0v) is 5.75. The Morgan fingerprint density at radius 1 is 1.71 bits per heavy atom. The lowest BCUT2D eigenvalue weighted by molar-refractivity contribution is 0.749. The van der Waals surface area contributed by atoms with Crippen molar-refractivity contribution in [1.82, 2.24) is 0 Å². The van der Waals surface area contributed by atoms with Crippen LogP contribution < -0.4 is 0 Å². The van der Waals surface area contributed by atoms with Gasteiger partial charge in [-0.05, 0) is 12.8 Å². The van der Waals surface area contributed by atoms with Crippen LogP contribution in [0, 0.1) is 6.92 Å². The zero-order valence-electron chi connectivity index (χ0n) is 4.85. The molecule has 0 bridgehead atoms. The standard InChI is InChI=1S/C6H13S/c1-3-5-6(7)4-2/h6-7H,2-5H2,1H3. The highest BCUT2D eigenvalue weighted by Crippen LogP contribution is 2.06. The van der Waals surface area contributed by atoms with Gasteiger partial charge in [-0.2, -0.15) is 12.6 Å². The largest absolute Gasteiger partial charge is 0.176 e. The first-order chi connectivity index (χ1) is 3.31. The van der Waals surface area contributed by atoms with Crippen molar-refractivity contribution in [2.75, 3.05) is 0 Å². The first-order valence-corrected chi connectivity index (χ1v) is 3.30. The van der Waals surface area contributed by atoms with E-state index in [1.54, 1.807) is 0 Å². The molecule has 0 saturated heterocycles. The molecule has 0 aliphatic carbocycles. The lowest BCUT2D eigenvalue weighted by atomic mass is 10.2. The Hall–Kier alpha value is 0.350. The Morgan fingerprint density at radius 3 is 2.43 bits per heavy atom. The Kier molecular flexibility index (Phi) is 4.73. The van der Waals surface area contributed by atoms with Gasteiger partial charge in [0.25, 0.3) is 0 Å². The summed E-state index contributed by atoms with van der Waals surface area (Å²) in [5, 5.41) is 0.532. The zero-order chi connectivity index (χ0) is 5.70. The summed E-state index contributed by atoms with van der Waals surface area (Å²) < 4.78 is 0. The van der Waals surface area contributed by atoms with Crippen LogP contribution in [0.15, 0.2) is 0 Å². The lowest BCUT2D eigenvalue weighted by Crippen LogP contribution is -1.92. The van der Waals surface area contributed by atoms with Gasteiger partial charge in [0.2, 0.25) is 0 Å². The van der Waals surface area contributed by atoms with Crippen molar-refractivity contribution >= 4 is 12.6 Å². The highest BCUT2D eigenvalue weighted by molar-refractivity contribution is 7.80. The van der Waals surface area contributed by atoms with Gasteiger partial charge in [-0.25, -0.2) is 0 Å². The molecule has 0 aromatic rings. The molecular weight excluding hydrogens is 104 g/mol. The number of hydrogen-bond donors (Lipinski definition) is 1. The second-order valence-electron chi connectivity index (χ2n) is 1.73. The quantitative estimate of drug-likeness (QED) is 0.539. The van der Waals surface area contributed by atoms with Crippen molar-refractivity contribution in [1.29, 1.82) is 0 Å². The minimum atomic E-state index is 0.532. The third-order valence-electron chi connectivity index (χ3n) is 0.955. The molecule has 1 unspecified atom stereocenters.